The van der Waals surface area contributed by atoms with E-state index in [-0.39, 0.29) is 0 Å². The molecular weight excluding hydrogens is 258 g/mol. The molecule has 4 heteroatoms. The third kappa shape index (κ3) is 2.51. The van der Waals surface area contributed by atoms with Crippen LogP contribution in [0.3, 0.4) is 0 Å². The molecule has 1 aromatic carbocycles. The second-order valence-electron chi connectivity index (χ2n) is 5.09. The van der Waals surface area contributed by atoms with E-state index in [1.807, 2.05) is 12.1 Å². The van der Waals surface area contributed by atoms with E-state index >= 15 is 0 Å². The molecule has 1 aliphatic heterocycles. The number of thiophene rings is 1. The Hall–Kier alpha value is -1.39. The smallest absolute Gasteiger partial charge is 0.337 e. The lowest BCUT2D eigenvalue weighted by atomic mass is 10.1. The molecule has 0 saturated carbocycles. The van der Waals surface area contributed by atoms with Crippen LogP contribution in [-0.4, -0.2) is 29.1 Å². The minimum atomic E-state index is -0.836. The number of rotatable bonds is 3. The van der Waals surface area contributed by atoms with Crippen LogP contribution in [0, 0.1) is 0 Å². The Morgan fingerprint density at radius 2 is 2.05 bits per heavy atom. The lowest BCUT2D eigenvalue weighted by molar-refractivity contribution is 0.0699. The Labute approximate surface area is 116 Å². The number of hydrogen-bond donors (Lipinski definition) is 1. The zero-order chi connectivity index (χ0) is 13.2. The molecule has 1 saturated heterocycles. The first kappa shape index (κ1) is 12.6. The fourth-order valence-electron chi connectivity index (χ4n) is 2.76. The van der Waals surface area contributed by atoms with Gasteiger partial charge in [0.05, 0.1) is 5.56 Å². The van der Waals surface area contributed by atoms with Crippen molar-refractivity contribution in [1.82, 2.24) is 4.90 Å². The summed E-state index contributed by atoms with van der Waals surface area (Å²) in [5, 5.41) is 12.4. The number of nitrogens with zero attached hydrogens (tertiary/aromatic N) is 1. The lowest BCUT2D eigenvalue weighted by Gasteiger charge is -2.26. The van der Waals surface area contributed by atoms with Crippen LogP contribution in [-0.2, 0) is 6.54 Å². The molecule has 1 aliphatic rings. The minimum absolute atomic E-state index is 0.424. The summed E-state index contributed by atoms with van der Waals surface area (Å²) in [6, 6.07) is 5.57. The summed E-state index contributed by atoms with van der Waals surface area (Å²) in [5.41, 5.74) is 1.69. The number of carboxylic acids is 1. The van der Waals surface area contributed by atoms with E-state index in [1.54, 1.807) is 17.4 Å². The number of benzene rings is 1. The van der Waals surface area contributed by atoms with E-state index in [4.69, 9.17) is 0 Å². The van der Waals surface area contributed by atoms with Crippen molar-refractivity contribution in [2.24, 2.45) is 0 Å². The van der Waals surface area contributed by atoms with Crippen molar-refractivity contribution in [3.63, 3.8) is 0 Å². The molecular formula is C15H17NO2S. The Morgan fingerprint density at radius 3 is 2.79 bits per heavy atom. The Morgan fingerprint density at radius 1 is 1.26 bits per heavy atom. The maximum atomic E-state index is 11.2. The summed E-state index contributed by atoms with van der Waals surface area (Å²) in [6.45, 7) is 3.27. The monoisotopic (exact) mass is 275 g/mol. The number of carboxylic acid groups (broad SMARTS) is 1. The number of hydrogen-bond acceptors (Lipinski definition) is 3. The molecule has 2 heterocycles. The minimum Gasteiger partial charge on any atom is -0.478 e. The van der Waals surface area contributed by atoms with Crippen LogP contribution in [0.1, 0.15) is 35.2 Å². The van der Waals surface area contributed by atoms with Gasteiger partial charge in [0.2, 0.25) is 0 Å². The highest BCUT2D eigenvalue weighted by Gasteiger charge is 2.15. The van der Waals surface area contributed by atoms with E-state index in [9.17, 15) is 9.90 Å². The molecule has 0 unspecified atom stereocenters. The highest BCUT2D eigenvalue weighted by molar-refractivity contribution is 7.17. The van der Waals surface area contributed by atoms with Gasteiger partial charge in [-0.05, 0) is 48.3 Å². The van der Waals surface area contributed by atoms with Crippen molar-refractivity contribution in [2.75, 3.05) is 13.1 Å². The summed E-state index contributed by atoms with van der Waals surface area (Å²) in [7, 11) is 0. The van der Waals surface area contributed by atoms with Gasteiger partial charge in [-0.3, -0.25) is 4.90 Å². The average molecular weight is 275 g/mol. The third-order valence-electron chi connectivity index (χ3n) is 3.75. The normalized spacial score (nSPS) is 16.8. The molecule has 100 valence electrons. The topological polar surface area (TPSA) is 40.5 Å². The first-order valence-electron chi connectivity index (χ1n) is 6.70. The van der Waals surface area contributed by atoms with Crippen molar-refractivity contribution >= 4 is 27.4 Å². The van der Waals surface area contributed by atoms with Crippen molar-refractivity contribution in [1.29, 1.82) is 0 Å². The zero-order valence-electron chi connectivity index (χ0n) is 10.8. The molecule has 0 spiro atoms. The molecule has 1 N–H and O–H groups in total. The molecule has 0 radical (unpaired) electrons. The zero-order valence-corrected chi connectivity index (χ0v) is 11.6. The Kier molecular flexibility index (Phi) is 3.53. The van der Waals surface area contributed by atoms with Gasteiger partial charge in [0.1, 0.15) is 0 Å². The van der Waals surface area contributed by atoms with Gasteiger partial charge < -0.3 is 5.11 Å². The highest BCUT2D eigenvalue weighted by Crippen LogP contribution is 2.30. The average Bonchev–Trinajstić information content (AvgIpc) is 2.83. The van der Waals surface area contributed by atoms with Gasteiger partial charge in [0.15, 0.2) is 0 Å². The molecule has 19 heavy (non-hydrogen) atoms. The van der Waals surface area contributed by atoms with E-state index in [2.05, 4.69) is 10.3 Å². The van der Waals surface area contributed by atoms with Gasteiger partial charge >= 0.3 is 5.97 Å². The molecule has 0 amide bonds. The summed E-state index contributed by atoms with van der Waals surface area (Å²) >= 11 is 1.55. The third-order valence-corrected chi connectivity index (χ3v) is 4.83. The summed E-state index contributed by atoms with van der Waals surface area (Å²) in [5.74, 6) is -0.836. The van der Waals surface area contributed by atoms with Gasteiger partial charge in [-0.15, -0.1) is 11.3 Å². The molecule has 1 fully saturated rings. The number of likely N-dealkylation sites (tertiary alicyclic amines) is 1. The van der Waals surface area contributed by atoms with Crippen molar-refractivity contribution in [3.05, 3.63) is 34.7 Å². The first-order chi connectivity index (χ1) is 9.25. The summed E-state index contributed by atoms with van der Waals surface area (Å²) in [4.78, 5) is 13.7. The molecule has 0 aliphatic carbocycles. The van der Waals surface area contributed by atoms with Crippen LogP contribution in [0.15, 0.2) is 23.6 Å². The van der Waals surface area contributed by atoms with Gasteiger partial charge in [0.25, 0.3) is 0 Å². The number of carbonyl (C=O) groups is 1. The van der Waals surface area contributed by atoms with Crippen LogP contribution >= 0.6 is 11.3 Å². The van der Waals surface area contributed by atoms with Gasteiger partial charge in [0, 0.05) is 11.2 Å². The number of aromatic carboxylic acids is 1. The predicted molar refractivity (Wildman–Crippen MR) is 77.9 cm³/mol. The van der Waals surface area contributed by atoms with E-state index < -0.39 is 5.97 Å². The second kappa shape index (κ2) is 5.31. The fourth-order valence-corrected chi connectivity index (χ4v) is 3.83. The molecule has 0 atom stereocenters. The SMILES string of the molecule is O=C(O)c1cccc2c(CN3CCCCC3)csc12. The van der Waals surface area contributed by atoms with Crippen LogP contribution in [0.2, 0.25) is 0 Å². The largest absolute Gasteiger partial charge is 0.478 e. The Balaban J connectivity index is 1.92. The summed E-state index contributed by atoms with van der Waals surface area (Å²) < 4.78 is 0.905. The van der Waals surface area contributed by atoms with Crippen LogP contribution < -0.4 is 0 Å². The molecule has 2 aromatic rings. The van der Waals surface area contributed by atoms with Crippen molar-refractivity contribution < 1.29 is 9.90 Å². The summed E-state index contributed by atoms with van der Waals surface area (Å²) in [6.07, 6.45) is 3.90. The fraction of sp³-hybridized carbons (Fsp3) is 0.400. The van der Waals surface area contributed by atoms with E-state index in [1.165, 1.54) is 24.8 Å². The van der Waals surface area contributed by atoms with Gasteiger partial charge in [-0.25, -0.2) is 4.79 Å². The van der Waals surface area contributed by atoms with E-state index in [0.29, 0.717) is 5.56 Å². The second-order valence-corrected chi connectivity index (χ2v) is 5.96. The maximum Gasteiger partial charge on any atom is 0.337 e. The van der Waals surface area contributed by atoms with Crippen molar-refractivity contribution in [2.45, 2.75) is 25.8 Å². The van der Waals surface area contributed by atoms with Crippen molar-refractivity contribution in [3.8, 4) is 0 Å². The van der Waals surface area contributed by atoms with Crippen LogP contribution in [0.4, 0.5) is 0 Å². The van der Waals surface area contributed by atoms with Crippen LogP contribution in [0.25, 0.3) is 10.1 Å². The van der Waals surface area contributed by atoms with Gasteiger partial charge in [-0.2, -0.15) is 0 Å². The van der Waals surface area contributed by atoms with Crippen LogP contribution in [0.5, 0.6) is 0 Å². The quantitative estimate of drug-likeness (QED) is 0.930. The number of piperidine rings is 1. The van der Waals surface area contributed by atoms with E-state index in [0.717, 1.165) is 29.7 Å². The molecule has 0 bridgehead atoms. The predicted octanol–water partition coefficient (Wildman–Crippen LogP) is 3.59. The Bertz CT molecular complexity index is 599. The van der Waals surface area contributed by atoms with Gasteiger partial charge in [-0.1, -0.05) is 18.6 Å². The molecule has 3 nitrogen and oxygen atoms in total. The first-order valence-corrected chi connectivity index (χ1v) is 7.58. The lowest BCUT2D eigenvalue weighted by Crippen LogP contribution is -2.28. The maximum absolute atomic E-state index is 11.2. The molecule has 1 aromatic heterocycles. The molecule has 3 rings (SSSR count). The number of fused-ring (bicyclic) bond motifs is 1. The highest BCUT2D eigenvalue weighted by atomic mass is 32.1. The standard InChI is InChI=1S/C15H17NO2S/c17-15(18)13-6-4-5-12-11(10-19-14(12)13)9-16-7-2-1-3-8-16/h4-6,10H,1-3,7-9H2,(H,17,18).